The first-order valence-corrected chi connectivity index (χ1v) is 10.9. The fraction of sp³-hybridized carbons (Fsp3) is 0.526. The smallest absolute Gasteiger partial charge is 0.255 e. The molecule has 0 bridgehead atoms. The maximum Gasteiger partial charge on any atom is 0.255 e. The lowest BCUT2D eigenvalue weighted by molar-refractivity contribution is -0.136. The van der Waals surface area contributed by atoms with Crippen LogP contribution in [0.15, 0.2) is 23.1 Å². The second-order valence-electron chi connectivity index (χ2n) is 8.12. The van der Waals surface area contributed by atoms with Gasteiger partial charge < -0.3 is 9.64 Å². The average Bonchev–Trinajstić information content (AvgIpc) is 2.98. The van der Waals surface area contributed by atoms with Gasteiger partial charge in [0.25, 0.3) is 5.91 Å². The molecule has 1 atom stereocenters. The molecule has 2 fully saturated rings. The molecule has 2 saturated heterocycles. The fourth-order valence-corrected chi connectivity index (χ4v) is 6.20. The number of hydrogen-bond acceptors (Lipinski definition) is 6. The van der Waals surface area contributed by atoms with Crippen LogP contribution in [0.2, 0.25) is 0 Å². The Labute approximate surface area is 169 Å². The Hall–Kier alpha value is -2.30. The molecule has 0 aromatic heterocycles. The number of carbonyl (C=O) groups is 3. The van der Waals surface area contributed by atoms with Gasteiger partial charge in [-0.15, -0.1) is 0 Å². The zero-order chi connectivity index (χ0) is 21.0. The highest BCUT2D eigenvalue weighted by Gasteiger charge is 2.44. The summed E-state index contributed by atoms with van der Waals surface area (Å²) in [5.41, 5.74) is -0.0440. The number of amides is 3. The topological polar surface area (TPSA) is 113 Å². The van der Waals surface area contributed by atoms with Crippen molar-refractivity contribution in [1.82, 2.24) is 14.5 Å². The van der Waals surface area contributed by atoms with Crippen LogP contribution in [0.3, 0.4) is 0 Å². The van der Waals surface area contributed by atoms with E-state index in [1.807, 2.05) is 0 Å². The Kier molecular flexibility index (Phi) is 4.75. The summed E-state index contributed by atoms with van der Waals surface area (Å²) in [6, 6.07) is 3.84. The molecular formula is C19H23N3O6S. The minimum Gasteiger partial charge on any atom is -0.378 e. The Balaban J connectivity index is 1.70. The lowest BCUT2D eigenvalue weighted by Crippen LogP contribution is -2.55. The van der Waals surface area contributed by atoms with Gasteiger partial charge in [0.05, 0.1) is 23.6 Å². The third kappa shape index (κ3) is 3.24. The molecular weight excluding hydrogens is 398 g/mol. The Bertz CT molecular complexity index is 1000. The highest BCUT2D eigenvalue weighted by atomic mass is 32.2. The summed E-state index contributed by atoms with van der Waals surface area (Å²) in [5.74, 6) is -1.29. The summed E-state index contributed by atoms with van der Waals surface area (Å²) in [7, 11) is -3.88. The molecule has 10 heteroatoms. The molecule has 3 aliphatic heterocycles. The molecule has 29 heavy (non-hydrogen) atoms. The van der Waals surface area contributed by atoms with Crippen molar-refractivity contribution in [2.45, 2.75) is 49.7 Å². The Morgan fingerprint density at radius 2 is 1.97 bits per heavy atom. The van der Waals surface area contributed by atoms with E-state index in [2.05, 4.69) is 5.32 Å². The van der Waals surface area contributed by atoms with Crippen LogP contribution in [-0.4, -0.2) is 66.7 Å². The molecule has 3 heterocycles. The molecule has 156 valence electrons. The molecule has 3 amide bonds. The van der Waals surface area contributed by atoms with Crippen molar-refractivity contribution in [2.75, 3.05) is 19.8 Å². The van der Waals surface area contributed by atoms with E-state index in [1.54, 1.807) is 26.0 Å². The number of nitrogens with one attached hydrogen (secondary N) is 1. The first kappa shape index (κ1) is 20.0. The van der Waals surface area contributed by atoms with Crippen molar-refractivity contribution in [3.05, 3.63) is 29.3 Å². The number of sulfonamides is 1. The lowest BCUT2D eigenvalue weighted by Gasteiger charge is -2.41. The molecule has 0 saturated carbocycles. The average molecular weight is 421 g/mol. The number of hydrogen-bond donors (Lipinski definition) is 1. The van der Waals surface area contributed by atoms with Crippen molar-refractivity contribution in [1.29, 1.82) is 0 Å². The molecule has 0 radical (unpaired) electrons. The van der Waals surface area contributed by atoms with Crippen molar-refractivity contribution in [2.24, 2.45) is 0 Å². The number of fused-ring (bicyclic) bond motifs is 1. The number of ether oxygens (including phenoxy) is 1. The summed E-state index contributed by atoms with van der Waals surface area (Å²) in [5, 5.41) is 2.25. The van der Waals surface area contributed by atoms with Crippen LogP contribution in [0.1, 0.15) is 42.6 Å². The van der Waals surface area contributed by atoms with E-state index >= 15 is 0 Å². The maximum absolute atomic E-state index is 13.5. The number of benzene rings is 1. The summed E-state index contributed by atoms with van der Waals surface area (Å²) >= 11 is 0. The van der Waals surface area contributed by atoms with Gasteiger partial charge in [-0.05, 0) is 32.4 Å². The molecule has 3 aliphatic rings. The monoisotopic (exact) mass is 421 g/mol. The predicted octanol–water partition coefficient (Wildman–Crippen LogP) is 0.247. The van der Waals surface area contributed by atoms with Crippen molar-refractivity contribution in [3.63, 3.8) is 0 Å². The molecule has 1 N–H and O–H groups in total. The van der Waals surface area contributed by atoms with Crippen LogP contribution in [0.5, 0.6) is 0 Å². The molecule has 1 aromatic carbocycles. The van der Waals surface area contributed by atoms with E-state index in [1.165, 1.54) is 15.3 Å². The number of rotatable bonds is 3. The molecule has 4 rings (SSSR count). The lowest BCUT2D eigenvalue weighted by atomic mass is 10.0. The number of piperidine rings is 1. The molecule has 1 unspecified atom stereocenters. The second kappa shape index (κ2) is 6.89. The maximum atomic E-state index is 13.5. The molecule has 0 spiro atoms. The first-order valence-electron chi connectivity index (χ1n) is 9.50. The van der Waals surface area contributed by atoms with Crippen LogP contribution in [-0.2, 0) is 30.9 Å². The quantitative estimate of drug-likeness (QED) is 0.700. The van der Waals surface area contributed by atoms with Gasteiger partial charge in [0.1, 0.15) is 6.04 Å². The van der Waals surface area contributed by atoms with Crippen LogP contribution in [0.25, 0.3) is 0 Å². The Morgan fingerprint density at radius 3 is 2.66 bits per heavy atom. The summed E-state index contributed by atoms with van der Waals surface area (Å²) in [6.07, 6.45) is 0.368. The number of carbonyl (C=O) groups excluding carboxylic acids is 3. The van der Waals surface area contributed by atoms with Gasteiger partial charge in [0.15, 0.2) is 0 Å². The SMILES string of the molecule is CC1(C)COCCN1S(=O)(=O)c1cccc2c1CN(C1CCC(=O)NC1=O)C2=O. The van der Waals surface area contributed by atoms with Gasteiger partial charge >= 0.3 is 0 Å². The standard InChI is InChI=1S/C19H23N3O6S/c1-19(2)11-28-9-8-22(19)29(26,27)15-5-3-4-12-13(15)10-21(18(12)25)14-6-7-16(23)20-17(14)24/h3-5,14H,6-11H2,1-2H3,(H,20,23,24). The normalized spacial score (nSPS) is 25.1. The second-order valence-corrected chi connectivity index (χ2v) is 9.96. The minimum absolute atomic E-state index is 0.0145. The van der Waals surface area contributed by atoms with Crippen LogP contribution < -0.4 is 5.32 Å². The molecule has 1 aromatic rings. The highest BCUT2D eigenvalue weighted by molar-refractivity contribution is 7.89. The van der Waals surface area contributed by atoms with Gasteiger partial charge in [0, 0.05) is 30.6 Å². The van der Waals surface area contributed by atoms with Crippen molar-refractivity contribution < 1.29 is 27.5 Å². The van der Waals surface area contributed by atoms with Gasteiger partial charge in [-0.1, -0.05) is 6.07 Å². The van der Waals surface area contributed by atoms with Crippen LogP contribution >= 0.6 is 0 Å². The zero-order valence-corrected chi connectivity index (χ0v) is 17.1. The summed E-state index contributed by atoms with van der Waals surface area (Å²) in [4.78, 5) is 38.0. The van der Waals surface area contributed by atoms with Gasteiger partial charge in [0.2, 0.25) is 21.8 Å². The van der Waals surface area contributed by atoms with Crippen molar-refractivity contribution >= 4 is 27.7 Å². The van der Waals surface area contributed by atoms with Gasteiger partial charge in [-0.2, -0.15) is 4.31 Å². The summed E-state index contributed by atoms with van der Waals surface area (Å²) < 4.78 is 33.8. The molecule has 0 aliphatic carbocycles. The predicted molar refractivity (Wildman–Crippen MR) is 101 cm³/mol. The van der Waals surface area contributed by atoms with Gasteiger partial charge in [-0.25, -0.2) is 8.42 Å². The largest absolute Gasteiger partial charge is 0.378 e. The molecule has 9 nitrogen and oxygen atoms in total. The number of nitrogens with zero attached hydrogens (tertiary/aromatic N) is 2. The number of morpholine rings is 1. The van der Waals surface area contributed by atoms with Crippen LogP contribution in [0, 0.1) is 0 Å². The van der Waals surface area contributed by atoms with E-state index in [4.69, 9.17) is 4.74 Å². The number of imide groups is 1. The van der Waals surface area contributed by atoms with E-state index < -0.39 is 33.4 Å². The summed E-state index contributed by atoms with van der Waals surface area (Å²) in [6.45, 7) is 4.42. The third-order valence-corrected chi connectivity index (χ3v) is 7.87. The fourth-order valence-electron chi connectivity index (χ4n) is 4.21. The van der Waals surface area contributed by atoms with E-state index in [9.17, 15) is 22.8 Å². The van der Waals surface area contributed by atoms with E-state index in [0.717, 1.165) is 0 Å². The van der Waals surface area contributed by atoms with E-state index in [-0.39, 0.29) is 48.9 Å². The minimum atomic E-state index is -3.88. The van der Waals surface area contributed by atoms with Gasteiger partial charge in [-0.3, -0.25) is 19.7 Å². The Morgan fingerprint density at radius 1 is 1.21 bits per heavy atom. The zero-order valence-electron chi connectivity index (χ0n) is 16.3. The van der Waals surface area contributed by atoms with E-state index in [0.29, 0.717) is 12.2 Å². The van der Waals surface area contributed by atoms with Crippen molar-refractivity contribution in [3.8, 4) is 0 Å². The van der Waals surface area contributed by atoms with Crippen LogP contribution in [0.4, 0.5) is 0 Å². The highest BCUT2D eigenvalue weighted by Crippen LogP contribution is 2.35. The third-order valence-electron chi connectivity index (χ3n) is 5.68. The first-order chi connectivity index (χ1) is 13.6.